The van der Waals surface area contributed by atoms with E-state index < -0.39 is 5.41 Å². The van der Waals surface area contributed by atoms with Crippen LogP contribution in [0.25, 0.3) is 0 Å². The van der Waals surface area contributed by atoms with E-state index in [0.29, 0.717) is 17.3 Å². The molecule has 0 unspecified atom stereocenters. The zero-order valence-corrected chi connectivity index (χ0v) is 10.5. The van der Waals surface area contributed by atoms with E-state index in [1.54, 1.807) is 38.1 Å². The first kappa shape index (κ1) is 13.3. The molecule has 5 heteroatoms. The van der Waals surface area contributed by atoms with Crippen LogP contribution in [0.5, 0.6) is 0 Å². The molecule has 0 radical (unpaired) electrons. The Morgan fingerprint density at radius 3 is 2.53 bits per heavy atom. The predicted octanol–water partition coefficient (Wildman–Crippen LogP) is 3.01. The van der Waals surface area contributed by atoms with E-state index in [1.807, 2.05) is 0 Å². The van der Waals surface area contributed by atoms with Gasteiger partial charge in [0.1, 0.15) is 0 Å². The highest BCUT2D eigenvalue weighted by atomic mass is 35.5. The minimum atomic E-state index is -0.572. The van der Waals surface area contributed by atoms with Crippen molar-refractivity contribution >= 4 is 23.3 Å². The monoisotopic (exact) mass is 251 g/mol. The van der Waals surface area contributed by atoms with Gasteiger partial charge in [0.05, 0.1) is 11.5 Å². The molecule has 0 aromatic heterocycles. The maximum Gasteiger partial charge on any atom is 0.319 e. The maximum atomic E-state index is 11.5. The van der Waals surface area contributed by atoms with Crippen LogP contribution in [0.2, 0.25) is 5.02 Å². The summed E-state index contributed by atoms with van der Waals surface area (Å²) in [6.07, 6.45) is 0. The van der Waals surface area contributed by atoms with Crippen molar-refractivity contribution in [1.82, 2.24) is 5.32 Å². The van der Waals surface area contributed by atoms with Crippen LogP contribution in [0.3, 0.4) is 0 Å². The molecule has 90 valence electrons. The summed E-state index contributed by atoms with van der Waals surface area (Å²) in [5, 5.41) is 14.7. The fourth-order valence-electron chi connectivity index (χ4n) is 1.05. The third-order valence-electron chi connectivity index (χ3n) is 2.10. The lowest BCUT2D eigenvalue weighted by Crippen LogP contribution is -2.36. The quantitative estimate of drug-likeness (QED) is 0.867. The van der Waals surface area contributed by atoms with Crippen molar-refractivity contribution in [3.63, 3.8) is 0 Å². The lowest BCUT2D eigenvalue weighted by atomic mass is 9.96. The predicted molar refractivity (Wildman–Crippen MR) is 67.9 cm³/mol. The molecule has 2 amide bonds. The van der Waals surface area contributed by atoms with Crippen LogP contribution in [0.4, 0.5) is 10.5 Å². The highest BCUT2D eigenvalue weighted by Crippen LogP contribution is 2.14. The van der Waals surface area contributed by atoms with Crippen LogP contribution < -0.4 is 10.6 Å². The maximum absolute atomic E-state index is 11.5. The van der Waals surface area contributed by atoms with Gasteiger partial charge in [0, 0.05) is 17.3 Å². The second kappa shape index (κ2) is 5.55. The molecule has 2 N–H and O–H groups in total. The Kier molecular flexibility index (Phi) is 4.36. The molecule has 0 aliphatic rings. The molecule has 1 aromatic rings. The zero-order valence-electron chi connectivity index (χ0n) is 9.75. The number of carbonyl (C=O) groups excluding carboxylic acids is 1. The van der Waals surface area contributed by atoms with Crippen molar-refractivity contribution in [3.05, 3.63) is 29.3 Å². The van der Waals surface area contributed by atoms with E-state index in [1.165, 1.54) is 0 Å². The number of amides is 2. The molecule has 17 heavy (non-hydrogen) atoms. The number of nitriles is 1. The Bertz CT molecular complexity index is 434. The molecular weight excluding hydrogens is 238 g/mol. The minimum absolute atomic E-state index is 0.295. The van der Waals surface area contributed by atoms with E-state index >= 15 is 0 Å². The summed E-state index contributed by atoms with van der Waals surface area (Å²) in [6, 6.07) is 8.56. The number of hydrogen-bond acceptors (Lipinski definition) is 2. The molecule has 4 nitrogen and oxygen atoms in total. The van der Waals surface area contributed by atoms with Gasteiger partial charge in [-0.25, -0.2) is 4.79 Å². The summed E-state index contributed by atoms with van der Waals surface area (Å²) < 4.78 is 0. The summed E-state index contributed by atoms with van der Waals surface area (Å²) >= 11 is 5.72. The Morgan fingerprint density at radius 1 is 1.41 bits per heavy atom. The standard InChI is InChI=1S/C12H14ClN3O/c1-12(2,7-14)8-15-11(17)16-10-5-3-9(13)4-6-10/h3-6H,8H2,1-2H3,(H2,15,16,17). The third-order valence-corrected chi connectivity index (χ3v) is 2.35. The van der Waals surface area contributed by atoms with Crippen LogP contribution in [-0.2, 0) is 0 Å². The van der Waals surface area contributed by atoms with E-state index in [4.69, 9.17) is 16.9 Å². The molecule has 0 heterocycles. The Hall–Kier alpha value is -1.73. The average molecular weight is 252 g/mol. The second-order valence-electron chi connectivity index (χ2n) is 4.31. The Morgan fingerprint density at radius 2 is 2.00 bits per heavy atom. The van der Waals surface area contributed by atoms with Gasteiger partial charge in [-0.2, -0.15) is 5.26 Å². The summed E-state index contributed by atoms with van der Waals surface area (Å²) in [5.41, 5.74) is 0.0822. The highest BCUT2D eigenvalue weighted by molar-refractivity contribution is 6.30. The molecular formula is C12H14ClN3O. The van der Waals surface area contributed by atoms with Crippen molar-refractivity contribution < 1.29 is 4.79 Å². The van der Waals surface area contributed by atoms with Gasteiger partial charge in [-0.15, -0.1) is 0 Å². The average Bonchev–Trinajstić information content (AvgIpc) is 2.30. The number of benzene rings is 1. The van der Waals surface area contributed by atoms with Crippen molar-refractivity contribution in [2.24, 2.45) is 5.41 Å². The van der Waals surface area contributed by atoms with Gasteiger partial charge < -0.3 is 10.6 Å². The minimum Gasteiger partial charge on any atom is -0.336 e. The van der Waals surface area contributed by atoms with Gasteiger partial charge in [-0.3, -0.25) is 0 Å². The summed E-state index contributed by atoms with van der Waals surface area (Å²) in [5.74, 6) is 0. The van der Waals surface area contributed by atoms with E-state index in [0.717, 1.165) is 0 Å². The SMILES string of the molecule is CC(C)(C#N)CNC(=O)Nc1ccc(Cl)cc1. The third kappa shape index (κ3) is 4.75. The van der Waals surface area contributed by atoms with Gasteiger partial charge >= 0.3 is 6.03 Å². The van der Waals surface area contributed by atoms with Crippen LogP contribution in [0, 0.1) is 16.7 Å². The van der Waals surface area contributed by atoms with E-state index in [9.17, 15) is 4.79 Å². The van der Waals surface area contributed by atoms with Crippen molar-refractivity contribution in [2.75, 3.05) is 11.9 Å². The molecule has 0 fully saturated rings. The van der Waals surface area contributed by atoms with Crippen molar-refractivity contribution in [3.8, 4) is 6.07 Å². The van der Waals surface area contributed by atoms with E-state index in [2.05, 4.69) is 16.7 Å². The molecule has 0 atom stereocenters. The number of carbonyl (C=O) groups is 1. The van der Waals surface area contributed by atoms with Gasteiger partial charge in [0.25, 0.3) is 0 Å². The second-order valence-corrected chi connectivity index (χ2v) is 4.75. The number of hydrogen-bond donors (Lipinski definition) is 2. The van der Waals surface area contributed by atoms with Crippen LogP contribution >= 0.6 is 11.6 Å². The number of anilines is 1. The zero-order chi connectivity index (χ0) is 12.9. The Balaban J connectivity index is 2.46. The molecule has 0 saturated carbocycles. The number of nitrogens with one attached hydrogen (secondary N) is 2. The molecule has 0 saturated heterocycles. The number of nitrogens with zero attached hydrogens (tertiary/aromatic N) is 1. The van der Waals surface area contributed by atoms with Crippen LogP contribution in [0.15, 0.2) is 24.3 Å². The fourth-order valence-corrected chi connectivity index (χ4v) is 1.18. The van der Waals surface area contributed by atoms with E-state index in [-0.39, 0.29) is 6.03 Å². The number of rotatable bonds is 3. The first-order chi connectivity index (χ1) is 7.93. The molecule has 1 rings (SSSR count). The van der Waals surface area contributed by atoms with Gasteiger partial charge in [0.15, 0.2) is 0 Å². The molecule has 0 aliphatic carbocycles. The lowest BCUT2D eigenvalue weighted by Gasteiger charge is -2.16. The summed E-state index contributed by atoms with van der Waals surface area (Å²) in [7, 11) is 0. The smallest absolute Gasteiger partial charge is 0.319 e. The first-order valence-corrected chi connectivity index (χ1v) is 5.52. The summed E-state index contributed by atoms with van der Waals surface area (Å²) in [6.45, 7) is 3.81. The molecule has 0 bridgehead atoms. The van der Waals surface area contributed by atoms with Crippen molar-refractivity contribution in [1.29, 1.82) is 5.26 Å². The molecule has 0 spiro atoms. The normalized spacial score (nSPS) is 10.5. The molecule has 0 aliphatic heterocycles. The molecule has 1 aromatic carbocycles. The topological polar surface area (TPSA) is 64.9 Å². The first-order valence-electron chi connectivity index (χ1n) is 5.15. The van der Waals surface area contributed by atoms with Crippen LogP contribution in [0.1, 0.15) is 13.8 Å². The summed E-state index contributed by atoms with van der Waals surface area (Å²) in [4.78, 5) is 11.5. The van der Waals surface area contributed by atoms with Crippen molar-refractivity contribution in [2.45, 2.75) is 13.8 Å². The van der Waals surface area contributed by atoms with Gasteiger partial charge in [-0.1, -0.05) is 11.6 Å². The fraction of sp³-hybridized carbons (Fsp3) is 0.333. The number of urea groups is 1. The number of halogens is 1. The Labute approximate surface area is 106 Å². The lowest BCUT2D eigenvalue weighted by molar-refractivity contribution is 0.249. The largest absolute Gasteiger partial charge is 0.336 e. The highest BCUT2D eigenvalue weighted by Gasteiger charge is 2.17. The van der Waals surface area contributed by atoms with Gasteiger partial charge in [0.2, 0.25) is 0 Å². The van der Waals surface area contributed by atoms with Crippen LogP contribution in [-0.4, -0.2) is 12.6 Å². The van der Waals surface area contributed by atoms with Gasteiger partial charge in [-0.05, 0) is 38.1 Å².